The topological polar surface area (TPSA) is 32.5 Å². The standard InChI is InChI=1S/C11H23N3/c1-2-4-10(12)11-9-13-5-3-6-14(11)8-7-13/h10-11H,2-9,12H2,1H3/t10-,11?/m0/s1. The van der Waals surface area contributed by atoms with Crippen LogP contribution in [0.1, 0.15) is 26.2 Å². The van der Waals surface area contributed by atoms with Crippen LogP contribution in [0.2, 0.25) is 0 Å². The van der Waals surface area contributed by atoms with E-state index in [4.69, 9.17) is 5.73 Å². The van der Waals surface area contributed by atoms with Gasteiger partial charge in [0.05, 0.1) is 0 Å². The van der Waals surface area contributed by atoms with Gasteiger partial charge in [0.2, 0.25) is 0 Å². The molecular formula is C11H23N3. The summed E-state index contributed by atoms with van der Waals surface area (Å²) < 4.78 is 0. The Hall–Kier alpha value is -0.120. The first-order valence-corrected chi connectivity index (χ1v) is 6.03. The number of hydrogen-bond donors (Lipinski definition) is 1. The van der Waals surface area contributed by atoms with Crippen molar-refractivity contribution in [2.45, 2.75) is 38.3 Å². The summed E-state index contributed by atoms with van der Waals surface area (Å²) in [6.07, 6.45) is 3.72. The van der Waals surface area contributed by atoms with Crippen molar-refractivity contribution in [1.82, 2.24) is 9.80 Å². The largest absolute Gasteiger partial charge is 0.326 e. The third-order valence-corrected chi connectivity index (χ3v) is 3.65. The molecule has 14 heavy (non-hydrogen) atoms. The van der Waals surface area contributed by atoms with E-state index in [2.05, 4.69) is 16.7 Å². The van der Waals surface area contributed by atoms with E-state index in [1.807, 2.05) is 0 Å². The summed E-state index contributed by atoms with van der Waals surface area (Å²) in [4.78, 5) is 5.20. The molecule has 0 aromatic rings. The Morgan fingerprint density at radius 3 is 2.93 bits per heavy atom. The molecule has 3 fully saturated rings. The van der Waals surface area contributed by atoms with E-state index in [1.54, 1.807) is 0 Å². The van der Waals surface area contributed by atoms with Gasteiger partial charge in [-0.3, -0.25) is 4.90 Å². The fraction of sp³-hybridized carbons (Fsp3) is 1.00. The summed E-state index contributed by atoms with van der Waals surface area (Å²) in [6, 6.07) is 1.02. The van der Waals surface area contributed by atoms with Crippen LogP contribution in [0.3, 0.4) is 0 Å². The molecule has 3 heterocycles. The van der Waals surface area contributed by atoms with Crippen LogP contribution in [-0.4, -0.2) is 54.6 Å². The zero-order valence-corrected chi connectivity index (χ0v) is 9.28. The lowest BCUT2D eigenvalue weighted by Crippen LogP contribution is -2.57. The number of piperazine rings is 1. The van der Waals surface area contributed by atoms with E-state index in [-0.39, 0.29) is 0 Å². The van der Waals surface area contributed by atoms with Gasteiger partial charge in [0.15, 0.2) is 0 Å². The van der Waals surface area contributed by atoms with Crippen molar-refractivity contribution in [1.29, 1.82) is 0 Å². The molecule has 2 bridgehead atoms. The minimum Gasteiger partial charge on any atom is -0.326 e. The van der Waals surface area contributed by atoms with Crippen molar-refractivity contribution < 1.29 is 0 Å². The lowest BCUT2D eigenvalue weighted by molar-refractivity contribution is 0.0944. The Morgan fingerprint density at radius 1 is 1.29 bits per heavy atom. The average Bonchev–Trinajstić information content (AvgIpc) is 2.52. The molecule has 3 nitrogen and oxygen atoms in total. The third-order valence-electron chi connectivity index (χ3n) is 3.65. The van der Waals surface area contributed by atoms with Crippen molar-refractivity contribution in [2.24, 2.45) is 5.73 Å². The van der Waals surface area contributed by atoms with Crippen molar-refractivity contribution in [3.8, 4) is 0 Å². The van der Waals surface area contributed by atoms with Gasteiger partial charge in [0, 0.05) is 31.7 Å². The molecule has 0 saturated carbocycles. The average molecular weight is 197 g/mol. The second-order valence-electron chi connectivity index (χ2n) is 4.71. The zero-order valence-electron chi connectivity index (χ0n) is 9.28. The number of hydrogen-bond acceptors (Lipinski definition) is 3. The predicted molar refractivity (Wildman–Crippen MR) is 59.3 cm³/mol. The van der Waals surface area contributed by atoms with Crippen LogP contribution in [0.4, 0.5) is 0 Å². The summed E-state index contributed by atoms with van der Waals surface area (Å²) in [5.41, 5.74) is 6.25. The van der Waals surface area contributed by atoms with E-state index < -0.39 is 0 Å². The summed E-state index contributed by atoms with van der Waals surface area (Å²) >= 11 is 0. The SMILES string of the molecule is CCC[C@H](N)C1CN2CCCN1CC2. The van der Waals surface area contributed by atoms with Crippen LogP contribution in [0, 0.1) is 0 Å². The molecule has 3 aliphatic rings. The third kappa shape index (κ3) is 2.10. The van der Waals surface area contributed by atoms with Crippen molar-refractivity contribution in [3.63, 3.8) is 0 Å². The molecule has 2 N–H and O–H groups in total. The highest BCUT2D eigenvalue weighted by Crippen LogP contribution is 2.18. The summed E-state index contributed by atoms with van der Waals surface area (Å²) in [5.74, 6) is 0. The predicted octanol–water partition coefficient (Wildman–Crippen LogP) is 0.504. The molecule has 0 aromatic heterocycles. The maximum Gasteiger partial charge on any atom is 0.0374 e. The summed E-state index contributed by atoms with van der Waals surface area (Å²) in [5, 5.41) is 0. The zero-order chi connectivity index (χ0) is 9.97. The van der Waals surface area contributed by atoms with E-state index in [0.29, 0.717) is 12.1 Å². The highest BCUT2D eigenvalue weighted by atomic mass is 15.3. The molecule has 3 unspecified atom stereocenters. The second kappa shape index (κ2) is 4.60. The number of nitrogens with two attached hydrogens (primary N) is 1. The maximum atomic E-state index is 6.25. The van der Waals surface area contributed by atoms with Gasteiger partial charge >= 0.3 is 0 Å². The van der Waals surface area contributed by atoms with Crippen LogP contribution < -0.4 is 5.73 Å². The minimum absolute atomic E-state index is 0.390. The van der Waals surface area contributed by atoms with Crippen molar-refractivity contribution in [3.05, 3.63) is 0 Å². The van der Waals surface area contributed by atoms with Crippen LogP contribution in [-0.2, 0) is 0 Å². The summed E-state index contributed by atoms with van der Waals surface area (Å²) in [7, 11) is 0. The lowest BCUT2D eigenvalue weighted by Gasteiger charge is -2.40. The molecule has 4 atom stereocenters. The number of fused-ring (bicyclic) bond motifs is 4. The molecule has 0 aromatic carbocycles. The van der Waals surface area contributed by atoms with Gasteiger partial charge in [-0.25, -0.2) is 0 Å². The Bertz CT molecular complexity index is 179. The van der Waals surface area contributed by atoms with Gasteiger partial charge in [-0.2, -0.15) is 0 Å². The van der Waals surface area contributed by atoms with Crippen LogP contribution in [0.5, 0.6) is 0 Å². The first-order valence-electron chi connectivity index (χ1n) is 6.03. The van der Waals surface area contributed by atoms with Gasteiger partial charge in [0.1, 0.15) is 0 Å². The molecule has 3 aliphatic heterocycles. The Morgan fingerprint density at radius 2 is 2.14 bits per heavy atom. The fourth-order valence-electron chi connectivity index (χ4n) is 2.82. The Kier molecular flexibility index (Phi) is 3.42. The normalized spacial score (nSPS) is 39.4. The highest BCUT2D eigenvalue weighted by molar-refractivity contribution is 4.91. The van der Waals surface area contributed by atoms with Gasteiger partial charge in [-0.1, -0.05) is 13.3 Å². The van der Waals surface area contributed by atoms with Crippen LogP contribution >= 0.6 is 0 Å². The smallest absolute Gasteiger partial charge is 0.0374 e. The summed E-state index contributed by atoms with van der Waals surface area (Å²) in [6.45, 7) is 8.48. The van der Waals surface area contributed by atoms with Crippen LogP contribution in [0.15, 0.2) is 0 Å². The van der Waals surface area contributed by atoms with Crippen molar-refractivity contribution >= 4 is 0 Å². The lowest BCUT2D eigenvalue weighted by atomic mass is 10.0. The highest BCUT2D eigenvalue weighted by Gasteiger charge is 2.32. The fourth-order valence-corrected chi connectivity index (χ4v) is 2.82. The molecule has 3 saturated heterocycles. The molecule has 0 aliphatic carbocycles. The Labute approximate surface area is 87.2 Å². The first kappa shape index (κ1) is 10.4. The Balaban J connectivity index is 1.97. The molecule has 3 heteroatoms. The molecule has 0 radical (unpaired) electrons. The maximum absolute atomic E-state index is 6.25. The monoisotopic (exact) mass is 197 g/mol. The number of nitrogens with zero attached hydrogens (tertiary/aromatic N) is 2. The van der Waals surface area contributed by atoms with E-state index in [0.717, 1.165) is 0 Å². The van der Waals surface area contributed by atoms with Crippen LogP contribution in [0.25, 0.3) is 0 Å². The molecule has 0 spiro atoms. The number of rotatable bonds is 3. The van der Waals surface area contributed by atoms with Gasteiger partial charge in [-0.05, 0) is 25.9 Å². The van der Waals surface area contributed by atoms with E-state index >= 15 is 0 Å². The molecule has 82 valence electrons. The van der Waals surface area contributed by atoms with Crippen molar-refractivity contribution in [2.75, 3.05) is 32.7 Å². The van der Waals surface area contributed by atoms with Gasteiger partial charge in [0.25, 0.3) is 0 Å². The molecular weight excluding hydrogens is 174 g/mol. The first-order chi connectivity index (χ1) is 6.81. The van der Waals surface area contributed by atoms with E-state index in [9.17, 15) is 0 Å². The van der Waals surface area contributed by atoms with Gasteiger partial charge in [-0.15, -0.1) is 0 Å². The minimum atomic E-state index is 0.390. The van der Waals surface area contributed by atoms with Gasteiger partial charge < -0.3 is 10.6 Å². The second-order valence-corrected chi connectivity index (χ2v) is 4.71. The molecule has 3 rings (SSSR count). The quantitative estimate of drug-likeness (QED) is 0.715. The van der Waals surface area contributed by atoms with E-state index in [1.165, 1.54) is 52.0 Å². The molecule has 0 amide bonds.